The van der Waals surface area contributed by atoms with Crippen LogP contribution in [0.5, 0.6) is 0 Å². The molecular formula is C21H30N2O2S. The van der Waals surface area contributed by atoms with E-state index in [4.69, 9.17) is 0 Å². The van der Waals surface area contributed by atoms with Crippen LogP contribution < -0.4 is 0 Å². The van der Waals surface area contributed by atoms with E-state index in [0.717, 1.165) is 63.2 Å². The molecule has 26 heavy (non-hydrogen) atoms. The average Bonchev–Trinajstić information content (AvgIpc) is 3.24. The first kappa shape index (κ1) is 18.0. The van der Waals surface area contributed by atoms with Crippen molar-refractivity contribution < 1.29 is 9.59 Å². The summed E-state index contributed by atoms with van der Waals surface area (Å²) in [5.74, 6) is 1.74. The van der Waals surface area contributed by atoms with Crippen molar-refractivity contribution in [1.29, 1.82) is 0 Å². The molecule has 2 aliphatic heterocycles. The van der Waals surface area contributed by atoms with Crippen molar-refractivity contribution in [3.05, 3.63) is 21.4 Å². The summed E-state index contributed by atoms with van der Waals surface area (Å²) in [4.78, 5) is 31.0. The summed E-state index contributed by atoms with van der Waals surface area (Å²) in [7, 11) is 0. The van der Waals surface area contributed by atoms with E-state index < -0.39 is 0 Å². The number of fused-ring (bicyclic) bond motifs is 1. The molecule has 2 amide bonds. The highest BCUT2D eigenvalue weighted by atomic mass is 32.1. The van der Waals surface area contributed by atoms with Crippen LogP contribution in [-0.2, 0) is 17.6 Å². The Morgan fingerprint density at radius 2 is 1.65 bits per heavy atom. The molecule has 2 fully saturated rings. The lowest BCUT2D eigenvalue weighted by molar-refractivity contribution is -0.130. The van der Waals surface area contributed by atoms with Gasteiger partial charge in [-0.15, -0.1) is 11.3 Å². The molecule has 1 aromatic heterocycles. The molecule has 0 spiro atoms. The number of piperidine rings is 1. The van der Waals surface area contributed by atoms with E-state index >= 15 is 0 Å². The lowest BCUT2D eigenvalue weighted by Crippen LogP contribution is -2.39. The second kappa shape index (κ2) is 7.71. The van der Waals surface area contributed by atoms with Gasteiger partial charge in [0.2, 0.25) is 5.91 Å². The quantitative estimate of drug-likeness (QED) is 0.740. The fourth-order valence-electron chi connectivity index (χ4n) is 4.97. The smallest absolute Gasteiger partial charge is 0.263 e. The van der Waals surface area contributed by atoms with Crippen LogP contribution in [0.1, 0.15) is 65.6 Å². The Kier molecular flexibility index (Phi) is 5.35. The van der Waals surface area contributed by atoms with Crippen LogP contribution in [0.4, 0.5) is 0 Å². The summed E-state index contributed by atoms with van der Waals surface area (Å²) in [6.07, 6.45) is 9.48. The molecular weight excluding hydrogens is 344 g/mol. The Morgan fingerprint density at radius 1 is 0.962 bits per heavy atom. The molecule has 1 atom stereocenters. The SMILES string of the molecule is CC(=O)N1CCC(C2CCN(C(=O)c3cc4c(s3)CCCCC4)C2)CC1. The molecule has 1 aromatic rings. The molecule has 0 bridgehead atoms. The predicted molar refractivity (Wildman–Crippen MR) is 105 cm³/mol. The number of likely N-dealkylation sites (tertiary alicyclic amines) is 2. The summed E-state index contributed by atoms with van der Waals surface area (Å²) in [5.41, 5.74) is 1.43. The van der Waals surface area contributed by atoms with Gasteiger partial charge < -0.3 is 9.80 Å². The Morgan fingerprint density at radius 3 is 2.42 bits per heavy atom. The number of carbonyl (C=O) groups is 2. The molecule has 4 rings (SSSR count). The zero-order valence-electron chi connectivity index (χ0n) is 15.8. The summed E-state index contributed by atoms with van der Waals surface area (Å²) < 4.78 is 0. The van der Waals surface area contributed by atoms with Gasteiger partial charge in [0.15, 0.2) is 0 Å². The number of aryl methyl sites for hydroxylation is 2. The first-order valence-corrected chi connectivity index (χ1v) is 11.1. The Balaban J connectivity index is 1.35. The zero-order chi connectivity index (χ0) is 18.1. The highest BCUT2D eigenvalue weighted by Crippen LogP contribution is 2.34. The molecule has 142 valence electrons. The monoisotopic (exact) mass is 374 g/mol. The van der Waals surface area contributed by atoms with Crippen molar-refractivity contribution >= 4 is 23.2 Å². The summed E-state index contributed by atoms with van der Waals surface area (Å²) >= 11 is 1.75. The molecule has 3 heterocycles. The number of thiophene rings is 1. The standard InChI is InChI=1S/C21H30N2O2S/c1-15(24)22-10-7-16(8-11-22)18-9-12-23(14-18)21(25)20-13-17-5-3-2-4-6-19(17)26-20/h13,16,18H,2-12,14H2,1H3. The van der Waals surface area contributed by atoms with Gasteiger partial charge in [-0.1, -0.05) is 6.42 Å². The van der Waals surface area contributed by atoms with E-state index in [0.29, 0.717) is 11.8 Å². The van der Waals surface area contributed by atoms with E-state index in [1.54, 1.807) is 18.3 Å². The van der Waals surface area contributed by atoms with E-state index in [2.05, 4.69) is 11.0 Å². The largest absolute Gasteiger partial charge is 0.343 e. The van der Waals surface area contributed by atoms with Crippen LogP contribution in [0, 0.1) is 11.8 Å². The zero-order valence-corrected chi connectivity index (χ0v) is 16.7. The first-order chi connectivity index (χ1) is 12.6. The Bertz CT molecular complexity index is 652. The summed E-state index contributed by atoms with van der Waals surface area (Å²) in [6.45, 7) is 5.26. The Hall–Kier alpha value is -1.36. The van der Waals surface area contributed by atoms with Gasteiger partial charge >= 0.3 is 0 Å². The van der Waals surface area contributed by atoms with E-state index in [-0.39, 0.29) is 11.8 Å². The fraction of sp³-hybridized carbons (Fsp3) is 0.714. The van der Waals surface area contributed by atoms with Crippen LogP contribution in [0.15, 0.2) is 6.07 Å². The maximum atomic E-state index is 13.0. The number of hydrogen-bond acceptors (Lipinski definition) is 3. The van der Waals surface area contributed by atoms with Gasteiger partial charge in [0.25, 0.3) is 5.91 Å². The van der Waals surface area contributed by atoms with Gasteiger partial charge in [-0.3, -0.25) is 9.59 Å². The molecule has 0 radical (unpaired) electrons. The number of nitrogens with zero attached hydrogens (tertiary/aromatic N) is 2. The third-order valence-electron chi connectivity index (χ3n) is 6.62. The van der Waals surface area contributed by atoms with Crippen LogP contribution in [0.3, 0.4) is 0 Å². The maximum Gasteiger partial charge on any atom is 0.263 e. The fourth-order valence-corrected chi connectivity index (χ4v) is 6.19. The molecule has 5 heteroatoms. The van der Waals surface area contributed by atoms with E-state index in [9.17, 15) is 9.59 Å². The van der Waals surface area contributed by atoms with Crippen molar-refractivity contribution in [3.63, 3.8) is 0 Å². The van der Waals surface area contributed by atoms with Gasteiger partial charge in [0.05, 0.1) is 4.88 Å². The normalized spacial score (nSPS) is 24.4. The summed E-state index contributed by atoms with van der Waals surface area (Å²) in [5, 5.41) is 0. The van der Waals surface area contributed by atoms with Gasteiger partial charge in [-0.05, 0) is 68.4 Å². The minimum Gasteiger partial charge on any atom is -0.343 e. The number of carbonyl (C=O) groups excluding carboxylic acids is 2. The molecule has 3 aliphatic rings. The van der Waals surface area contributed by atoms with Crippen molar-refractivity contribution in [2.45, 2.75) is 58.3 Å². The average molecular weight is 375 g/mol. The lowest BCUT2D eigenvalue weighted by Gasteiger charge is -2.34. The molecule has 0 saturated carbocycles. The number of rotatable bonds is 2. The van der Waals surface area contributed by atoms with Gasteiger partial charge in [0.1, 0.15) is 0 Å². The van der Waals surface area contributed by atoms with E-state index in [1.165, 1.54) is 29.7 Å². The highest BCUT2D eigenvalue weighted by molar-refractivity contribution is 7.14. The number of amides is 2. The molecule has 4 nitrogen and oxygen atoms in total. The topological polar surface area (TPSA) is 40.6 Å². The first-order valence-electron chi connectivity index (χ1n) is 10.3. The van der Waals surface area contributed by atoms with Crippen molar-refractivity contribution in [2.24, 2.45) is 11.8 Å². The number of hydrogen-bond donors (Lipinski definition) is 0. The van der Waals surface area contributed by atoms with Crippen LogP contribution in [-0.4, -0.2) is 47.8 Å². The van der Waals surface area contributed by atoms with Gasteiger partial charge in [-0.2, -0.15) is 0 Å². The minimum atomic E-state index is 0.198. The third kappa shape index (κ3) is 3.68. The van der Waals surface area contributed by atoms with Crippen LogP contribution >= 0.6 is 11.3 Å². The van der Waals surface area contributed by atoms with Crippen LogP contribution in [0.25, 0.3) is 0 Å². The van der Waals surface area contributed by atoms with E-state index in [1.807, 2.05) is 4.90 Å². The minimum absolute atomic E-state index is 0.198. The molecule has 2 saturated heterocycles. The summed E-state index contributed by atoms with van der Waals surface area (Å²) in [6, 6.07) is 2.19. The third-order valence-corrected chi connectivity index (χ3v) is 7.85. The highest BCUT2D eigenvalue weighted by Gasteiger charge is 2.35. The predicted octanol–water partition coefficient (Wildman–Crippen LogP) is 3.74. The lowest BCUT2D eigenvalue weighted by atomic mass is 9.84. The maximum absolute atomic E-state index is 13.0. The molecule has 1 aliphatic carbocycles. The van der Waals surface area contributed by atoms with Crippen molar-refractivity contribution in [2.75, 3.05) is 26.2 Å². The van der Waals surface area contributed by atoms with Gasteiger partial charge in [-0.25, -0.2) is 0 Å². The molecule has 0 N–H and O–H groups in total. The van der Waals surface area contributed by atoms with Crippen LogP contribution in [0.2, 0.25) is 0 Å². The second-order valence-corrected chi connectivity index (χ2v) is 9.40. The van der Waals surface area contributed by atoms with Gasteiger partial charge in [0, 0.05) is 38.0 Å². The van der Waals surface area contributed by atoms with Crippen molar-refractivity contribution in [1.82, 2.24) is 9.80 Å². The van der Waals surface area contributed by atoms with Crippen molar-refractivity contribution in [3.8, 4) is 0 Å². The second-order valence-electron chi connectivity index (χ2n) is 8.26. The molecule has 1 unspecified atom stereocenters. The molecule has 0 aromatic carbocycles. The Labute approximate surface area is 160 Å².